The number of halogens is 2. The van der Waals surface area contributed by atoms with Crippen molar-refractivity contribution in [3.63, 3.8) is 0 Å². The lowest BCUT2D eigenvalue weighted by Crippen LogP contribution is -2.29. The van der Waals surface area contributed by atoms with Crippen molar-refractivity contribution < 1.29 is 9.18 Å². The number of fused-ring (bicyclic) bond motifs is 1. The fourth-order valence-electron chi connectivity index (χ4n) is 2.44. The molecule has 0 aliphatic carbocycles. The molecule has 3 nitrogen and oxygen atoms in total. The summed E-state index contributed by atoms with van der Waals surface area (Å²) in [4.78, 5) is 14.1. The van der Waals surface area contributed by atoms with Crippen LogP contribution < -0.4 is 10.6 Å². The second-order valence-electron chi connectivity index (χ2n) is 4.72. The molecular weight excluding hydrogens is 323 g/mol. The van der Waals surface area contributed by atoms with Gasteiger partial charge in [-0.2, -0.15) is 0 Å². The summed E-state index contributed by atoms with van der Waals surface area (Å²) < 4.78 is 14.5. The van der Waals surface area contributed by atoms with E-state index in [1.807, 2.05) is 12.1 Å². The van der Waals surface area contributed by atoms with E-state index in [2.05, 4.69) is 15.9 Å². The molecule has 0 saturated carbocycles. The van der Waals surface area contributed by atoms with Crippen LogP contribution in [0.2, 0.25) is 0 Å². The van der Waals surface area contributed by atoms with Crippen LogP contribution in [0.5, 0.6) is 0 Å². The molecule has 0 fully saturated rings. The second-order valence-corrected chi connectivity index (χ2v) is 5.63. The third kappa shape index (κ3) is 2.18. The van der Waals surface area contributed by atoms with Crippen LogP contribution in [0.15, 0.2) is 40.9 Å². The summed E-state index contributed by atoms with van der Waals surface area (Å²) in [6.45, 7) is 0.549. The molecule has 1 aliphatic rings. The van der Waals surface area contributed by atoms with Crippen LogP contribution in [-0.2, 0) is 6.42 Å². The molecule has 0 atom stereocenters. The zero-order valence-corrected chi connectivity index (χ0v) is 12.2. The van der Waals surface area contributed by atoms with Gasteiger partial charge in [-0.3, -0.25) is 4.79 Å². The van der Waals surface area contributed by atoms with E-state index in [4.69, 9.17) is 5.73 Å². The van der Waals surface area contributed by atoms with Gasteiger partial charge in [-0.1, -0.05) is 15.9 Å². The molecule has 0 aromatic heterocycles. The summed E-state index contributed by atoms with van der Waals surface area (Å²) in [7, 11) is 0. The number of hydrogen-bond acceptors (Lipinski definition) is 2. The molecule has 0 bridgehead atoms. The average Bonchev–Trinajstić information content (AvgIpc) is 2.80. The molecule has 102 valence electrons. The summed E-state index contributed by atoms with van der Waals surface area (Å²) in [5.74, 6) is -0.841. The zero-order valence-electron chi connectivity index (χ0n) is 10.6. The molecule has 5 heteroatoms. The number of carbonyl (C=O) groups is 1. The molecule has 0 saturated heterocycles. The minimum absolute atomic E-state index is 0.0814. The van der Waals surface area contributed by atoms with Crippen molar-refractivity contribution in [3.8, 4) is 0 Å². The van der Waals surface area contributed by atoms with Gasteiger partial charge in [0.25, 0.3) is 5.91 Å². The van der Waals surface area contributed by atoms with E-state index in [9.17, 15) is 9.18 Å². The van der Waals surface area contributed by atoms with E-state index >= 15 is 0 Å². The lowest BCUT2D eigenvalue weighted by molar-refractivity contribution is 0.0985. The number of nitrogens with zero attached hydrogens (tertiary/aromatic N) is 1. The smallest absolute Gasteiger partial charge is 0.261 e. The summed E-state index contributed by atoms with van der Waals surface area (Å²) in [5, 5.41) is 0. The first kappa shape index (κ1) is 13.1. The van der Waals surface area contributed by atoms with Crippen LogP contribution in [0.25, 0.3) is 0 Å². The van der Waals surface area contributed by atoms with E-state index in [-0.39, 0.29) is 11.5 Å². The van der Waals surface area contributed by atoms with Crippen LogP contribution >= 0.6 is 15.9 Å². The number of carbonyl (C=O) groups excluding carboxylic acids is 1. The average molecular weight is 335 g/mol. The highest BCUT2D eigenvalue weighted by atomic mass is 79.9. The minimum Gasteiger partial charge on any atom is -0.399 e. The maximum Gasteiger partial charge on any atom is 0.261 e. The van der Waals surface area contributed by atoms with Crippen molar-refractivity contribution in [1.29, 1.82) is 0 Å². The Morgan fingerprint density at radius 2 is 2.05 bits per heavy atom. The Labute approximate surface area is 124 Å². The fourth-order valence-corrected chi connectivity index (χ4v) is 2.77. The predicted molar refractivity (Wildman–Crippen MR) is 80.3 cm³/mol. The molecule has 1 amide bonds. The van der Waals surface area contributed by atoms with Crippen molar-refractivity contribution in [2.45, 2.75) is 6.42 Å². The highest BCUT2D eigenvalue weighted by Gasteiger charge is 2.27. The second kappa shape index (κ2) is 4.90. The predicted octanol–water partition coefficient (Wildman–Crippen LogP) is 3.37. The summed E-state index contributed by atoms with van der Waals surface area (Å²) in [6.07, 6.45) is 0.740. The lowest BCUT2D eigenvalue weighted by Gasteiger charge is -2.18. The fraction of sp³-hybridized carbons (Fsp3) is 0.133. The van der Waals surface area contributed by atoms with Crippen molar-refractivity contribution in [2.75, 3.05) is 17.2 Å². The monoisotopic (exact) mass is 334 g/mol. The van der Waals surface area contributed by atoms with Crippen molar-refractivity contribution in [2.24, 2.45) is 0 Å². The van der Waals surface area contributed by atoms with Crippen molar-refractivity contribution in [3.05, 3.63) is 57.8 Å². The molecule has 0 unspecified atom stereocenters. The largest absolute Gasteiger partial charge is 0.399 e. The topological polar surface area (TPSA) is 46.3 Å². The van der Waals surface area contributed by atoms with Gasteiger partial charge in [0.1, 0.15) is 5.82 Å². The van der Waals surface area contributed by atoms with Gasteiger partial charge >= 0.3 is 0 Å². The molecule has 0 radical (unpaired) electrons. The summed E-state index contributed by atoms with van der Waals surface area (Å²) >= 11 is 3.18. The van der Waals surface area contributed by atoms with E-state index < -0.39 is 5.82 Å². The van der Waals surface area contributed by atoms with Gasteiger partial charge in [0.05, 0.1) is 5.56 Å². The van der Waals surface area contributed by atoms with Gasteiger partial charge in [-0.25, -0.2) is 4.39 Å². The molecule has 3 rings (SSSR count). The first-order valence-corrected chi connectivity index (χ1v) is 7.01. The van der Waals surface area contributed by atoms with E-state index in [1.165, 1.54) is 12.1 Å². The number of benzene rings is 2. The van der Waals surface area contributed by atoms with E-state index in [1.54, 1.807) is 17.0 Å². The van der Waals surface area contributed by atoms with Gasteiger partial charge < -0.3 is 10.6 Å². The first-order chi connectivity index (χ1) is 9.56. The van der Waals surface area contributed by atoms with Crippen LogP contribution in [0.1, 0.15) is 15.9 Å². The van der Waals surface area contributed by atoms with Crippen LogP contribution in [0, 0.1) is 5.82 Å². The highest BCUT2D eigenvalue weighted by molar-refractivity contribution is 9.10. The Kier molecular flexibility index (Phi) is 3.22. The molecular formula is C15H12BrFN2O. The molecule has 1 aliphatic heterocycles. The third-order valence-corrected chi connectivity index (χ3v) is 3.90. The zero-order chi connectivity index (χ0) is 14.3. The molecule has 2 aromatic carbocycles. The Morgan fingerprint density at radius 3 is 2.80 bits per heavy atom. The van der Waals surface area contributed by atoms with Gasteiger partial charge in [0.15, 0.2) is 0 Å². The normalized spacial score (nSPS) is 13.4. The Bertz CT molecular complexity index is 702. The standard InChI is InChI=1S/C15H12BrFN2O/c16-10-1-3-12(13(17)8-10)15(20)19-6-5-9-7-11(18)2-4-14(9)19/h1-4,7-8H,5-6,18H2. The van der Waals surface area contributed by atoms with Crippen LogP contribution in [-0.4, -0.2) is 12.5 Å². The van der Waals surface area contributed by atoms with Crippen LogP contribution in [0.4, 0.5) is 15.8 Å². The van der Waals surface area contributed by atoms with Gasteiger partial charge in [0.2, 0.25) is 0 Å². The number of hydrogen-bond donors (Lipinski definition) is 1. The summed E-state index contributed by atoms with van der Waals surface area (Å²) in [6, 6.07) is 9.88. The van der Waals surface area contributed by atoms with Crippen molar-refractivity contribution >= 4 is 33.2 Å². The van der Waals surface area contributed by atoms with E-state index in [0.717, 1.165) is 17.7 Å². The Morgan fingerprint density at radius 1 is 1.25 bits per heavy atom. The van der Waals surface area contributed by atoms with Gasteiger partial charge in [0, 0.05) is 22.4 Å². The highest BCUT2D eigenvalue weighted by Crippen LogP contribution is 2.31. The molecule has 2 aromatic rings. The number of nitrogen functional groups attached to an aromatic ring is 1. The lowest BCUT2D eigenvalue weighted by atomic mass is 10.1. The number of nitrogens with two attached hydrogens (primary N) is 1. The van der Waals surface area contributed by atoms with Gasteiger partial charge in [-0.05, 0) is 48.4 Å². The molecule has 1 heterocycles. The van der Waals surface area contributed by atoms with Gasteiger partial charge in [-0.15, -0.1) is 0 Å². The molecule has 2 N–H and O–H groups in total. The molecule has 0 spiro atoms. The number of amides is 1. The van der Waals surface area contributed by atoms with E-state index in [0.29, 0.717) is 16.7 Å². The number of anilines is 2. The number of rotatable bonds is 1. The summed E-state index contributed by atoms with van der Waals surface area (Å²) in [5.41, 5.74) is 8.33. The maximum absolute atomic E-state index is 13.9. The van der Waals surface area contributed by atoms with Crippen LogP contribution in [0.3, 0.4) is 0 Å². The maximum atomic E-state index is 13.9. The third-order valence-electron chi connectivity index (χ3n) is 3.41. The minimum atomic E-state index is -0.520. The molecule has 20 heavy (non-hydrogen) atoms. The SMILES string of the molecule is Nc1ccc2c(c1)CCN2C(=O)c1ccc(Br)cc1F. The quantitative estimate of drug-likeness (QED) is 0.812. The first-order valence-electron chi connectivity index (χ1n) is 6.21. The Hall–Kier alpha value is -1.88. The Balaban J connectivity index is 1.97. The van der Waals surface area contributed by atoms with Crippen molar-refractivity contribution in [1.82, 2.24) is 0 Å².